The van der Waals surface area contributed by atoms with Crippen LogP contribution in [0.1, 0.15) is 17.0 Å². The number of aliphatic hydroxyl groups excluding tert-OH is 1. The SMILES string of the molecule is COc1cc(-c2c(C)nc3c(C#N)c(C(F)(F)F)nn3c2N2CC(OCCO)C2)c2ccc(Cl)cc2n1. The Hall–Kier alpha value is -3.66. The summed E-state index contributed by atoms with van der Waals surface area (Å²) < 4.78 is 53.5. The predicted octanol–water partition coefficient (Wildman–Crippen LogP) is 4.00. The molecule has 4 heterocycles. The monoisotopic (exact) mass is 532 g/mol. The van der Waals surface area contributed by atoms with Gasteiger partial charge in [-0.05, 0) is 19.1 Å². The van der Waals surface area contributed by atoms with E-state index >= 15 is 0 Å². The Bertz CT molecular complexity index is 1560. The van der Waals surface area contributed by atoms with E-state index in [1.807, 2.05) is 4.90 Å². The summed E-state index contributed by atoms with van der Waals surface area (Å²) in [5, 5.41) is 23.6. The lowest BCUT2D eigenvalue weighted by Crippen LogP contribution is -2.53. The molecule has 192 valence electrons. The highest BCUT2D eigenvalue weighted by Crippen LogP contribution is 2.42. The molecule has 5 rings (SSSR count). The number of pyridine rings is 1. The lowest BCUT2D eigenvalue weighted by molar-refractivity contribution is -0.141. The standard InChI is InChI=1S/C24H20ClF3N6O3/c1-12-20(16-8-19(36-2)31-18-7-13(25)3-4-15(16)18)23(33-10-14(11-33)37-6-5-35)34-22(30-12)17(9-29)21(32-34)24(26,27)28/h3-4,7-8,14,35H,5-6,10-11H2,1-2H3. The van der Waals surface area contributed by atoms with Crippen LogP contribution in [0.25, 0.3) is 27.7 Å². The van der Waals surface area contributed by atoms with Gasteiger partial charge in [-0.2, -0.15) is 28.0 Å². The van der Waals surface area contributed by atoms with E-state index in [2.05, 4.69) is 15.1 Å². The molecule has 0 atom stereocenters. The van der Waals surface area contributed by atoms with Crippen LogP contribution >= 0.6 is 11.6 Å². The van der Waals surface area contributed by atoms with Crippen LogP contribution in [-0.2, 0) is 10.9 Å². The summed E-state index contributed by atoms with van der Waals surface area (Å²) in [6, 6.07) is 8.41. The summed E-state index contributed by atoms with van der Waals surface area (Å²) in [6.45, 7) is 2.32. The van der Waals surface area contributed by atoms with Gasteiger partial charge in [0.25, 0.3) is 0 Å². The highest BCUT2D eigenvalue weighted by atomic mass is 35.5. The van der Waals surface area contributed by atoms with E-state index in [-0.39, 0.29) is 30.8 Å². The van der Waals surface area contributed by atoms with Gasteiger partial charge in [0.2, 0.25) is 5.88 Å². The molecule has 13 heteroatoms. The molecule has 0 aliphatic carbocycles. The summed E-state index contributed by atoms with van der Waals surface area (Å²) in [7, 11) is 1.46. The minimum absolute atomic E-state index is 0.141. The first-order chi connectivity index (χ1) is 17.7. The summed E-state index contributed by atoms with van der Waals surface area (Å²) >= 11 is 6.19. The van der Waals surface area contributed by atoms with Crippen LogP contribution in [-0.4, -0.2) is 64.2 Å². The number of nitrogens with zero attached hydrogens (tertiary/aromatic N) is 6. The van der Waals surface area contributed by atoms with Gasteiger partial charge < -0.3 is 19.5 Å². The third-order valence-corrected chi connectivity index (χ3v) is 6.36. The van der Waals surface area contributed by atoms with Crippen molar-refractivity contribution in [2.45, 2.75) is 19.2 Å². The minimum Gasteiger partial charge on any atom is -0.481 e. The number of ether oxygens (including phenoxy) is 2. The molecule has 9 nitrogen and oxygen atoms in total. The van der Waals surface area contributed by atoms with Crippen LogP contribution in [0.5, 0.6) is 5.88 Å². The van der Waals surface area contributed by atoms with Crippen molar-refractivity contribution in [1.82, 2.24) is 19.6 Å². The number of methoxy groups -OCH3 is 1. The number of anilines is 1. The molecular formula is C24H20ClF3N6O3. The van der Waals surface area contributed by atoms with E-state index in [9.17, 15) is 18.4 Å². The van der Waals surface area contributed by atoms with Gasteiger partial charge in [-0.15, -0.1) is 0 Å². The van der Waals surface area contributed by atoms with E-state index in [1.165, 1.54) is 7.11 Å². The lowest BCUT2D eigenvalue weighted by Gasteiger charge is -2.41. The Morgan fingerprint density at radius 3 is 2.65 bits per heavy atom. The second kappa shape index (κ2) is 9.33. The highest BCUT2D eigenvalue weighted by Gasteiger charge is 2.41. The fourth-order valence-corrected chi connectivity index (χ4v) is 4.64. The molecule has 4 aromatic rings. The molecule has 1 aromatic carbocycles. The zero-order valence-corrected chi connectivity index (χ0v) is 20.4. The van der Waals surface area contributed by atoms with Crippen LogP contribution in [0.4, 0.5) is 19.0 Å². The van der Waals surface area contributed by atoms with Crippen molar-refractivity contribution >= 4 is 34.0 Å². The predicted molar refractivity (Wildman–Crippen MR) is 129 cm³/mol. The van der Waals surface area contributed by atoms with Gasteiger partial charge in [0.15, 0.2) is 11.3 Å². The first kappa shape index (κ1) is 25.0. The molecule has 1 aliphatic heterocycles. The van der Waals surface area contributed by atoms with E-state index in [0.29, 0.717) is 51.7 Å². The Morgan fingerprint density at radius 2 is 2.00 bits per heavy atom. The lowest BCUT2D eigenvalue weighted by atomic mass is 9.98. The summed E-state index contributed by atoms with van der Waals surface area (Å²) in [4.78, 5) is 10.7. The number of aromatic nitrogens is 4. The van der Waals surface area contributed by atoms with Crippen molar-refractivity contribution in [2.24, 2.45) is 0 Å². The first-order valence-corrected chi connectivity index (χ1v) is 11.6. The summed E-state index contributed by atoms with van der Waals surface area (Å²) in [6.07, 6.45) is -5.09. The van der Waals surface area contributed by atoms with Crippen LogP contribution < -0.4 is 9.64 Å². The van der Waals surface area contributed by atoms with E-state index in [0.717, 1.165) is 4.52 Å². The fraction of sp³-hybridized carbons (Fsp3) is 0.333. The van der Waals surface area contributed by atoms with Crippen molar-refractivity contribution in [3.8, 4) is 23.1 Å². The number of alkyl halides is 3. The van der Waals surface area contributed by atoms with Crippen molar-refractivity contribution in [3.05, 3.63) is 46.2 Å². The van der Waals surface area contributed by atoms with Gasteiger partial charge in [-0.25, -0.2) is 9.97 Å². The maximum atomic E-state index is 13.8. The number of rotatable bonds is 6. The number of aryl methyl sites for hydroxylation is 1. The Kier molecular flexibility index (Phi) is 6.31. The average Bonchev–Trinajstić information content (AvgIpc) is 3.20. The van der Waals surface area contributed by atoms with E-state index < -0.39 is 17.4 Å². The van der Waals surface area contributed by atoms with Gasteiger partial charge in [0, 0.05) is 40.7 Å². The quantitative estimate of drug-likeness (QED) is 0.397. The number of hydrogen-bond donors (Lipinski definition) is 1. The summed E-state index contributed by atoms with van der Waals surface area (Å²) in [5.41, 5.74) is -0.145. The Balaban J connectivity index is 1.82. The maximum Gasteiger partial charge on any atom is 0.436 e. The minimum atomic E-state index is -4.85. The highest BCUT2D eigenvalue weighted by molar-refractivity contribution is 6.31. The molecule has 0 unspecified atom stereocenters. The van der Waals surface area contributed by atoms with Crippen molar-refractivity contribution in [1.29, 1.82) is 5.26 Å². The van der Waals surface area contributed by atoms with Gasteiger partial charge in [-0.1, -0.05) is 17.7 Å². The molecule has 1 N–H and O–H groups in total. The van der Waals surface area contributed by atoms with E-state index in [4.69, 9.17) is 26.2 Å². The number of fused-ring (bicyclic) bond motifs is 2. The molecule has 0 spiro atoms. The number of halogens is 4. The van der Waals surface area contributed by atoms with Crippen LogP contribution in [0, 0.1) is 18.3 Å². The second-order valence-electron chi connectivity index (χ2n) is 8.46. The van der Waals surface area contributed by atoms with Crippen LogP contribution in [0.15, 0.2) is 24.3 Å². The number of aliphatic hydroxyl groups is 1. The number of hydrogen-bond acceptors (Lipinski definition) is 8. The molecule has 0 radical (unpaired) electrons. The molecular weight excluding hydrogens is 513 g/mol. The van der Waals surface area contributed by atoms with Crippen molar-refractivity contribution in [3.63, 3.8) is 0 Å². The Labute approximate surface area is 213 Å². The molecule has 0 amide bonds. The molecule has 0 bridgehead atoms. The van der Waals surface area contributed by atoms with Gasteiger partial charge >= 0.3 is 6.18 Å². The van der Waals surface area contributed by atoms with Gasteiger partial charge in [0.05, 0.1) is 37.6 Å². The normalized spacial score (nSPS) is 14.3. The Morgan fingerprint density at radius 1 is 1.24 bits per heavy atom. The van der Waals surface area contributed by atoms with Crippen molar-refractivity contribution < 1.29 is 27.8 Å². The first-order valence-electron chi connectivity index (χ1n) is 11.2. The number of benzene rings is 1. The zero-order valence-electron chi connectivity index (χ0n) is 19.7. The second-order valence-corrected chi connectivity index (χ2v) is 8.90. The van der Waals surface area contributed by atoms with Gasteiger partial charge in [0.1, 0.15) is 17.5 Å². The zero-order chi connectivity index (χ0) is 26.5. The third kappa shape index (κ3) is 4.29. The molecule has 37 heavy (non-hydrogen) atoms. The smallest absolute Gasteiger partial charge is 0.436 e. The summed E-state index contributed by atoms with van der Waals surface area (Å²) in [5.74, 6) is 0.597. The fourth-order valence-electron chi connectivity index (χ4n) is 4.48. The third-order valence-electron chi connectivity index (χ3n) is 6.12. The van der Waals surface area contributed by atoms with Crippen LogP contribution in [0.2, 0.25) is 5.02 Å². The molecule has 1 saturated heterocycles. The molecule has 1 fully saturated rings. The number of nitriles is 1. The van der Waals surface area contributed by atoms with Gasteiger partial charge in [-0.3, -0.25) is 0 Å². The van der Waals surface area contributed by atoms with Crippen LogP contribution in [0.3, 0.4) is 0 Å². The van der Waals surface area contributed by atoms with Crippen molar-refractivity contribution in [2.75, 3.05) is 38.3 Å². The molecule has 3 aromatic heterocycles. The largest absolute Gasteiger partial charge is 0.481 e. The maximum absolute atomic E-state index is 13.8. The molecule has 1 aliphatic rings. The topological polar surface area (TPSA) is 109 Å². The van der Waals surface area contributed by atoms with E-state index in [1.54, 1.807) is 37.3 Å². The molecule has 0 saturated carbocycles. The average molecular weight is 533 g/mol.